The molecule has 2 atom stereocenters. The molecule has 1 heterocycles. The lowest BCUT2D eigenvalue weighted by molar-refractivity contribution is 0.0461. The first kappa shape index (κ1) is 18.4. The Morgan fingerprint density at radius 3 is 2.52 bits per heavy atom. The Morgan fingerprint density at radius 1 is 1.24 bits per heavy atom. The molecule has 1 aliphatic carbocycles. The molecule has 1 aromatic carbocycles. The van der Waals surface area contributed by atoms with E-state index in [0.29, 0.717) is 11.3 Å². The molecule has 0 spiro atoms. The third kappa shape index (κ3) is 4.80. The fourth-order valence-electron chi connectivity index (χ4n) is 4.00. The van der Waals surface area contributed by atoms with Gasteiger partial charge in [-0.15, -0.1) is 0 Å². The molecule has 3 rings (SSSR count). The van der Waals surface area contributed by atoms with E-state index in [0.717, 1.165) is 25.6 Å². The summed E-state index contributed by atoms with van der Waals surface area (Å²) in [5.41, 5.74) is 1.05. The molecular formula is C18H26N3O3S-. The number of nitrogens with zero attached hydrogens (tertiary/aromatic N) is 2. The van der Waals surface area contributed by atoms with Crippen molar-refractivity contribution in [3.63, 3.8) is 0 Å². The topological polar surface area (TPSA) is 75.7 Å². The Morgan fingerprint density at radius 2 is 1.92 bits per heavy atom. The highest BCUT2D eigenvalue weighted by Crippen LogP contribution is 2.26. The normalized spacial score (nSPS) is 23.6. The average molecular weight is 364 g/mol. The molecule has 1 saturated heterocycles. The zero-order valence-corrected chi connectivity index (χ0v) is 15.5. The van der Waals surface area contributed by atoms with Gasteiger partial charge in [0.15, 0.2) is 0 Å². The van der Waals surface area contributed by atoms with Crippen LogP contribution in [-0.4, -0.2) is 56.7 Å². The van der Waals surface area contributed by atoms with Gasteiger partial charge in [0.1, 0.15) is 0 Å². The van der Waals surface area contributed by atoms with Crippen LogP contribution in [0.1, 0.15) is 43.0 Å². The quantitative estimate of drug-likeness (QED) is 0.813. The van der Waals surface area contributed by atoms with Gasteiger partial charge < -0.3 is 14.2 Å². The molecule has 0 bridgehead atoms. The SMILES string of the molecule is C[C@H]1CN(CC2CCCC2)CCN1C(=O)c1ccc(NS(=O)[O-])cc1. The molecule has 2 fully saturated rings. The molecule has 1 aromatic rings. The lowest BCUT2D eigenvalue weighted by Gasteiger charge is -2.40. The van der Waals surface area contributed by atoms with Gasteiger partial charge in [0, 0.05) is 54.7 Å². The van der Waals surface area contributed by atoms with E-state index >= 15 is 0 Å². The Kier molecular flexibility index (Phi) is 6.09. The maximum absolute atomic E-state index is 12.8. The van der Waals surface area contributed by atoms with Crippen LogP contribution in [0.25, 0.3) is 0 Å². The second kappa shape index (κ2) is 8.29. The zero-order valence-electron chi connectivity index (χ0n) is 14.6. The predicted molar refractivity (Wildman–Crippen MR) is 97.9 cm³/mol. The second-order valence-corrected chi connectivity index (χ2v) is 7.85. The van der Waals surface area contributed by atoms with Crippen LogP contribution < -0.4 is 4.72 Å². The molecule has 138 valence electrons. The molecule has 1 N–H and O–H groups in total. The van der Waals surface area contributed by atoms with E-state index in [2.05, 4.69) is 16.5 Å². The van der Waals surface area contributed by atoms with Gasteiger partial charge in [-0.05, 0) is 49.9 Å². The minimum atomic E-state index is -2.35. The molecule has 25 heavy (non-hydrogen) atoms. The number of hydrogen-bond acceptors (Lipinski definition) is 4. The monoisotopic (exact) mass is 364 g/mol. The molecule has 0 aromatic heterocycles. The molecule has 1 aliphatic heterocycles. The van der Waals surface area contributed by atoms with Crippen LogP contribution in [0, 0.1) is 5.92 Å². The first-order valence-electron chi connectivity index (χ1n) is 9.02. The van der Waals surface area contributed by atoms with E-state index < -0.39 is 11.3 Å². The summed E-state index contributed by atoms with van der Waals surface area (Å²) in [7, 11) is 0. The summed E-state index contributed by atoms with van der Waals surface area (Å²) in [6.07, 6.45) is 5.43. The third-order valence-corrected chi connectivity index (χ3v) is 5.70. The summed E-state index contributed by atoms with van der Waals surface area (Å²) >= 11 is -2.35. The molecule has 1 amide bonds. The van der Waals surface area contributed by atoms with Crippen molar-refractivity contribution in [2.45, 2.75) is 38.6 Å². The van der Waals surface area contributed by atoms with Crippen molar-refractivity contribution in [3.8, 4) is 0 Å². The molecule has 1 saturated carbocycles. The summed E-state index contributed by atoms with van der Waals surface area (Å²) in [6.45, 7) is 5.88. The third-order valence-electron chi connectivity index (χ3n) is 5.30. The fraction of sp³-hybridized carbons (Fsp3) is 0.611. The molecular weight excluding hydrogens is 338 g/mol. The summed E-state index contributed by atoms with van der Waals surface area (Å²) < 4.78 is 23.6. The molecule has 2 aliphatic rings. The van der Waals surface area contributed by atoms with Crippen LogP contribution in [0.5, 0.6) is 0 Å². The Balaban J connectivity index is 1.56. The van der Waals surface area contributed by atoms with Gasteiger partial charge in [0.25, 0.3) is 5.91 Å². The second-order valence-electron chi connectivity index (χ2n) is 7.17. The highest BCUT2D eigenvalue weighted by Gasteiger charge is 2.29. The minimum absolute atomic E-state index is 0.0165. The van der Waals surface area contributed by atoms with Crippen molar-refractivity contribution in [1.29, 1.82) is 0 Å². The standard InChI is InChI=1S/C18H27N3O3S/c1-14-12-20(13-15-4-2-3-5-15)10-11-21(14)18(22)16-6-8-17(9-7-16)19-25(23)24/h6-9,14-15,19H,2-5,10-13H2,1H3,(H,23,24)/p-1/t14-/m0/s1. The number of carbonyl (C=O) groups is 1. The van der Waals surface area contributed by atoms with Crippen molar-refractivity contribution >= 4 is 22.9 Å². The van der Waals surface area contributed by atoms with Gasteiger partial charge in [0.05, 0.1) is 0 Å². The number of nitrogens with one attached hydrogen (secondary N) is 1. The Hall–Kier alpha value is -1.44. The molecule has 7 heteroatoms. The van der Waals surface area contributed by atoms with Crippen LogP contribution >= 0.6 is 0 Å². The maximum Gasteiger partial charge on any atom is 0.254 e. The van der Waals surface area contributed by atoms with Crippen LogP contribution in [-0.2, 0) is 11.3 Å². The van der Waals surface area contributed by atoms with E-state index in [-0.39, 0.29) is 11.9 Å². The van der Waals surface area contributed by atoms with Crippen LogP contribution in [0.15, 0.2) is 24.3 Å². The first-order valence-corrected chi connectivity index (χ1v) is 10.1. The number of piperazine rings is 1. The van der Waals surface area contributed by atoms with Crippen molar-refractivity contribution < 1.29 is 13.6 Å². The lowest BCUT2D eigenvalue weighted by Crippen LogP contribution is -2.54. The van der Waals surface area contributed by atoms with Gasteiger partial charge in [-0.2, -0.15) is 0 Å². The van der Waals surface area contributed by atoms with Crippen molar-refractivity contribution in [3.05, 3.63) is 29.8 Å². The summed E-state index contributed by atoms with van der Waals surface area (Å²) in [6, 6.07) is 6.77. The first-order chi connectivity index (χ1) is 12.0. The Labute approximate surface area is 152 Å². The van der Waals surface area contributed by atoms with Crippen molar-refractivity contribution in [1.82, 2.24) is 9.80 Å². The van der Waals surface area contributed by atoms with Crippen LogP contribution in [0.4, 0.5) is 5.69 Å². The van der Waals surface area contributed by atoms with E-state index in [1.165, 1.54) is 32.2 Å². The van der Waals surface area contributed by atoms with Crippen molar-refractivity contribution in [2.75, 3.05) is 30.9 Å². The molecule has 1 unspecified atom stereocenters. The smallest absolute Gasteiger partial charge is 0.254 e. The average Bonchev–Trinajstić information content (AvgIpc) is 3.07. The highest BCUT2D eigenvalue weighted by atomic mass is 32.2. The number of hydrogen-bond donors (Lipinski definition) is 1. The summed E-state index contributed by atoms with van der Waals surface area (Å²) in [4.78, 5) is 17.2. The molecule has 0 radical (unpaired) electrons. The van der Waals surface area contributed by atoms with E-state index in [1.807, 2.05) is 4.90 Å². The van der Waals surface area contributed by atoms with Crippen LogP contribution in [0.3, 0.4) is 0 Å². The zero-order chi connectivity index (χ0) is 17.8. The number of rotatable bonds is 5. The van der Waals surface area contributed by atoms with E-state index in [9.17, 15) is 13.6 Å². The van der Waals surface area contributed by atoms with Crippen LogP contribution in [0.2, 0.25) is 0 Å². The fourth-order valence-corrected chi connectivity index (χ4v) is 4.33. The largest absolute Gasteiger partial charge is 0.755 e. The van der Waals surface area contributed by atoms with Gasteiger partial charge in [-0.1, -0.05) is 12.8 Å². The summed E-state index contributed by atoms with van der Waals surface area (Å²) in [5.74, 6) is 0.851. The Bertz CT molecular complexity index is 616. The van der Waals surface area contributed by atoms with Crippen molar-refractivity contribution in [2.24, 2.45) is 5.92 Å². The minimum Gasteiger partial charge on any atom is -0.755 e. The van der Waals surface area contributed by atoms with Gasteiger partial charge >= 0.3 is 0 Å². The van der Waals surface area contributed by atoms with Gasteiger partial charge in [-0.25, -0.2) is 0 Å². The number of amides is 1. The highest BCUT2D eigenvalue weighted by molar-refractivity contribution is 7.80. The van der Waals surface area contributed by atoms with Gasteiger partial charge in [0.2, 0.25) is 0 Å². The predicted octanol–water partition coefficient (Wildman–Crippen LogP) is 2.23. The van der Waals surface area contributed by atoms with E-state index in [1.54, 1.807) is 24.3 Å². The maximum atomic E-state index is 12.8. The number of anilines is 1. The molecule has 6 nitrogen and oxygen atoms in total. The van der Waals surface area contributed by atoms with Gasteiger partial charge in [-0.3, -0.25) is 13.9 Å². The lowest BCUT2D eigenvalue weighted by atomic mass is 10.1. The number of benzene rings is 1. The van der Waals surface area contributed by atoms with E-state index in [4.69, 9.17) is 0 Å². The number of carbonyl (C=O) groups excluding carboxylic acids is 1. The summed E-state index contributed by atoms with van der Waals surface area (Å²) in [5, 5.41) is 0.